The highest BCUT2D eigenvalue weighted by Crippen LogP contribution is 2.46. The number of piperidine rings is 3. The fourth-order valence-corrected chi connectivity index (χ4v) is 5.95. The van der Waals surface area contributed by atoms with E-state index in [1.807, 2.05) is 12.1 Å². The van der Waals surface area contributed by atoms with E-state index in [-0.39, 0.29) is 18.0 Å². The van der Waals surface area contributed by atoms with Crippen LogP contribution in [0.2, 0.25) is 0 Å². The number of hydrogen-bond donors (Lipinski definition) is 0. The minimum Gasteiger partial charge on any atom is -0.459 e. The van der Waals surface area contributed by atoms with Crippen molar-refractivity contribution in [2.24, 2.45) is 10.4 Å². The number of benzene rings is 2. The van der Waals surface area contributed by atoms with Gasteiger partial charge in [-0.1, -0.05) is 36.4 Å². The van der Waals surface area contributed by atoms with Crippen LogP contribution < -0.4 is 0 Å². The standard InChI is InChI=1S/C25H28FN3O/c26-20-7-5-19(6-8-20)23-21-4-2-1-3-18(21)9-13-29(23)24-27-17-22(30-24)25-10-14-28(15-11-25)16-12-25/h1-8,22-23H,9-17H2/t22-,23+/m1/s1. The second-order valence-electron chi connectivity index (χ2n) is 9.28. The number of rotatable bonds is 2. The topological polar surface area (TPSA) is 28.1 Å². The molecule has 30 heavy (non-hydrogen) atoms. The molecule has 2 aromatic carbocycles. The molecule has 2 aromatic rings. The quantitative estimate of drug-likeness (QED) is 0.756. The molecule has 0 aromatic heterocycles. The van der Waals surface area contributed by atoms with Gasteiger partial charge in [-0.15, -0.1) is 0 Å². The first-order valence-corrected chi connectivity index (χ1v) is 11.3. The predicted octanol–water partition coefficient (Wildman–Crippen LogP) is 4.01. The van der Waals surface area contributed by atoms with E-state index in [4.69, 9.17) is 9.73 Å². The Morgan fingerprint density at radius 1 is 0.933 bits per heavy atom. The van der Waals surface area contributed by atoms with Crippen LogP contribution in [-0.2, 0) is 11.2 Å². The van der Waals surface area contributed by atoms with E-state index in [1.54, 1.807) is 12.1 Å². The lowest BCUT2D eigenvalue weighted by molar-refractivity contribution is -0.0553. The van der Waals surface area contributed by atoms with Crippen molar-refractivity contribution < 1.29 is 9.13 Å². The number of halogens is 1. The molecule has 5 heterocycles. The maximum Gasteiger partial charge on any atom is 0.288 e. The molecule has 156 valence electrons. The van der Waals surface area contributed by atoms with E-state index in [9.17, 15) is 4.39 Å². The summed E-state index contributed by atoms with van der Waals surface area (Å²) < 4.78 is 20.3. The van der Waals surface area contributed by atoms with Gasteiger partial charge in [0, 0.05) is 12.0 Å². The van der Waals surface area contributed by atoms with Crippen molar-refractivity contribution in [2.75, 3.05) is 32.7 Å². The molecule has 0 saturated carbocycles. The molecule has 0 aliphatic carbocycles. The Hall–Kier alpha value is -2.40. The van der Waals surface area contributed by atoms with E-state index in [0.717, 1.165) is 31.1 Å². The lowest BCUT2D eigenvalue weighted by atomic mass is 9.68. The van der Waals surface area contributed by atoms with Crippen LogP contribution in [0, 0.1) is 11.2 Å². The first-order chi connectivity index (χ1) is 14.7. The molecule has 0 spiro atoms. The van der Waals surface area contributed by atoms with Gasteiger partial charge in [-0.2, -0.15) is 0 Å². The third kappa shape index (κ3) is 2.94. The molecule has 2 atom stereocenters. The fraction of sp³-hybridized carbons (Fsp3) is 0.480. The van der Waals surface area contributed by atoms with Crippen molar-refractivity contribution in [2.45, 2.75) is 37.8 Å². The smallest absolute Gasteiger partial charge is 0.288 e. The number of nitrogens with zero attached hydrogens (tertiary/aromatic N) is 3. The molecule has 0 amide bonds. The highest BCUT2D eigenvalue weighted by molar-refractivity contribution is 5.77. The third-order valence-corrected chi connectivity index (χ3v) is 7.82. The second-order valence-corrected chi connectivity index (χ2v) is 9.28. The summed E-state index contributed by atoms with van der Waals surface area (Å²) in [4.78, 5) is 9.81. The Kier molecular flexibility index (Phi) is 4.34. The van der Waals surface area contributed by atoms with Crippen molar-refractivity contribution in [1.82, 2.24) is 9.80 Å². The van der Waals surface area contributed by atoms with E-state index >= 15 is 0 Å². The number of ether oxygens (including phenoxy) is 1. The molecule has 5 aliphatic rings. The van der Waals surface area contributed by atoms with E-state index in [2.05, 4.69) is 34.1 Å². The summed E-state index contributed by atoms with van der Waals surface area (Å²) in [6.45, 7) is 5.23. The molecule has 4 nitrogen and oxygen atoms in total. The van der Waals surface area contributed by atoms with Crippen molar-refractivity contribution in [3.63, 3.8) is 0 Å². The molecule has 0 N–H and O–H groups in total. The lowest BCUT2D eigenvalue weighted by Gasteiger charge is -2.50. The Labute approximate surface area is 177 Å². The molecule has 0 unspecified atom stereocenters. The summed E-state index contributed by atoms with van der Waals surface area (Å²) in [7, 11) is 0. The Bertz CT molecular complexity index is 951. The van der Waals surface area contributed by atoms with Crippen LogP contribution in [-0.4, -0.2) is 54.6 Å². The van der Waals surface area contributed by atoms with Gasteiger partial charge in [-0.25, -0.2) is 9.38 Å². The third-order valence-electron chi connectivity index (χ3n) is 7.82. The van der Waals surface area contributed by atoms with Crippen LogP contribution in [0.3, 0.4) is 0 Å². The molecule has 3 fully saturated rings. The van der Waals surface area contributed by atoms with E-state index in [1.165, 1.54) is 50.0 Å². The average molecular weight is 406 g/mol. The zero-order valence-corrected chi connectivity index (χ0v) is 17.3. The molecule has 5 aliphatic heterocycles. The minimum absolute atomic E-state index is 0.0127. The molecular formula is C25H28FN3O. The Morgan fingerprint density at radius 2 is 1.67 bits per heavy atom. The Balaban J connectivity index is 1.31. The van der Waals surface area contributed by atoms with Gasteiger partial charge in [0.05, 0.1) is 12.6 Å². The zero-order chi connectivity index (χ0) is 20.1. The number of hydrogen-bond acceptors (Lipinski definition) is 4. The van der Waals surface area contributed by atoms with Crippen LogP contribution in [0.4, 0.5) is 4.39 Å². The monoisotopic (exact) mass is 405 g/mol. The van der Waals surface area contributed by atoms with Gasteiger partial charge in [0.2, 0.25) is 0 Å². The first-order valence-electron chi connectivity index (χ1n) is 11.3. The predicted molar refractivity (Wildman–Crippen MR) is 115 cm³/mol. The number of fused-ring (bicyclic) bond motifs is 4. The van der Waals surface area contributed by atoms with Gasteiger partial charge in [0.15, 0.2) is 0 Å². The van der Waals surface area contributed by atoms with Crippen molar-refractivity contribution in [3.8, 4) is 0 Å². The van der Waals surface area contributed by atoms with Gasteiger partial charge >= 0.3 is 0 Å². The fourth-order valence-electron chi connectivity index (χ4n) is 5.95. The summed E-state index contributed by atoms with van der Waals surface area (Å²) in [5.41, 5.74) is 4.01. The van der Waals surface area contributed by atoms with Crippen LogP contribution in [0.15, 0.2) is 53.5 Å². The lowest BCUT2D eigenvalue weighted by Crippen LogP contribution is -2.54. The molecule has 5 heteroatoms. The highest BCUT2D eigenvalue weighted by Gasteiger charge is 2.49. The van der Waals surface area contributed by atoms with Gasteiger partial charge in [0.1, 0.15) is 11.9 Å². The molecule has 3 saturated heterocycles. The van der Waals surface area contributed by atoms with Crippen LogP contribution >= 0.6 is 0 Å². The van der Waals surface area contributed by atoms with Crippen LogP contribution in [0.1, 0.15) is 42.0 Å². The molecular weight excluding hydrogens is 377 g/mol. The average Bonchev–Trinajstić information content (AvgIpc) is 3.31. The molecule has 2 bridgehead atoms. The maximum absolute atomic E-state index is 13.6. The maximum atomic E-state index is 13.6. The van der Waals surface area contributed by atoms with E-state index in [0.29, 0.717) is 5.41 Å². The van der Waals surface area contributed by atoms with Gasteiger partial charge in [0.25, 0.3) is 6.02 Å². The number of amidine groups is 1. The van der Waals surface area contributed by atoms with E-state index < -0.39 is 0 Å². The van der Waals surface area contributed by atoms with Crippen molar-refractivity contribution in [1.29, 1.82) is 0 Å². The molecule has 7 rings (SSSR count). The minimum atomic E-state index is -0.202. The largest absolute Gasteiger partial charge is 0.459 e. The normalized spacial score (nSPS) is 32.5. The van der Waals surface area contributed by atoms with Crippen molar-refractivity contribution >= 4 is 6.02 Å². The summed E-state index contributed by atoms with van der Waals surface area (Å²) in [6.07, 6.45) is 4.85. The highest BCUT2D eigenvalue weighted by atomic mass is 19.1. The SMILES string of the molecule is Fc1ccc([C@H]2c3ccccc3CCN2C2=NC[C@H](C34CCN(CC3)CC4)O2)cc1. The van der Waals surface area contributed by atoms with Gasteiger partial charge in [-0.05, 0) is 74.1 Å². The summed E-state index contributed by atoms with van der Waals surface area (Å²) >= 11 is 0. The second kappa shape index (κ2) is 7.09. The first kappa shape index (κ1) is 18.4. The van der Waals surface area contributed by atoms with Gasteiger partial charge in [-0.3, -0.25) is 0 Å². The summed E-state index contributed by atoms with van der Waals surface area (Å²) in [6, 6.07) is 16.3. The van der Waals surface area contributed by atoms with Crippen LogP contribution in [0.5, 0.6) is 0 Å². The van der Waals surface area contributed by atoms with Gasteiger partial charge < -0.3 is 14.5 Å². The summed E-state index contributed by atoms with van der Waals surface area (Å²) in [5.74, 6) is -0.202. The number of aliphatic imine (C=N–C) groups is 1. The Morgan fingerprint density at radius 3 is 2.43 bits per heavy atom. The van der Waals surface area contributed by atoms with Crippen LogP contribution in [0.25, 0.3) is 0 Å². The zero-order valence-electron chi connectivity index (χ0n) is 17.3. The summed E-state index contributed by atoms with van der Waals surface area (Å²) in [5, 5.41) is 0. The molecule has 0 radical (unpaired) electrons. The van der Waals surface area contributed by atoms with Crippen molar-refractivity contribution in [3.05, 3.63) is 71.0 Å².